The highest BCUT2D eigenvalue weighted by atomic mass is 15.0. The molecule has 0 bridgehead atoms. The summed E-state index contributed by atoms with van der Waals surface area (Å²) in [4.78, 5) is 0. The van der Waals surface area contributed by atoms with E-state index in [4.69, 9.17) is 0 Å². The first-order valence-electron chi connectivity index (χ1n) is 7.20. The predicted molar refractivity (Wildman–Crippen MR) is 90.4 cm³/mol. The minimum absolute atomic E-state index is 0.663. The third-order valence-corrected chi connectivity index (χ3v) is 3.62. The summed E-state index contributed by atoms with van der Waals surface area (Å²) >= 11 is 0. The Morgan fingerprint density at radius 2 is 1.55 bits per heavy atom. The van der Waals surface area contributed by atoms with Crippen LogP contribution >= 0.6 is 0 Å². The molecule has 0 saturated heterocycles. The van der Waals surface area contributed by atoms with E-state index in [9.17, 15) is 5.26 Å². The number of hydrogen-bond donors (Lipinski definition) is 0. The fourth-order valence-electron chi connectivity index (χ4n) is 2.55. The second-order valence-corrected chi connectivity index (χ2v) is 5.11. The molecule has 0 amide bonds. The second-order valence-electron chi connectivity index (χ2n) is 5.11. The first-order chi connectivity index (χ1) is 10.8. The maximum absolute atomic E-state index is 9.48. The van der Waals surface area contributed by atoms with Crippen LogP contribution in [0.4, 0.5) is 0 Å². The zero-order chi connectivity index (χ0) is 15.4. The lowest BCUT2D eigenvalue weighted by molar-refractivity contribution is 1.00. The van der Waals surface area contributed by atoms with E-state index in [-0.39, 0.29) is 0 Å². The van der Waals surface area contributed by atoms with Gasteiger partial charge in [-0.15, -0.1) is 0 Å². The lowest BCUT2D eigenvalue weighted by atomic mass is 10.1. The molecule has 22 heavy (non-hydrogen) atoms. The summed E-state index contributed by atoms with van der Waals surface area (Å²) in [6, 6.07) is 26.4. The first-order valence-corrected chi connectivity index (χ1v) is 7.20. The summed E-state index contributed by atoms with van der Waals surface area (Å²) in [6.07, 6.45) is 1.94. The van der Waals surface area contributed by atoms with Gasteiger partial charge in [-0.25, -0.2) is 0 Å². The van der Waals surface area contributed by atoms with Crippen LogP contribution in [0.2, 0.25) is 0 Å². The Labute approximate surface area is 130 Å². The molecular weight excluding hydrogens is 268 g/mol. The Balaban J connectivity index is 2.11. The van der Waals surface area contributed by atoms with Crippen molar-refractivity contribution >= 4 is 11.6 Å². The Kier molecular flexibility index (Phi) is 3.89. The van der Waals surface area contributed by atoms with E-state index in [0.29, 0.717) is 5.57 Å². The number of rotatable bonds is 3. The van der Waals surface area contributed by atoms with Crippen molar-refractivity contribution in [2.24, 2.45) is 0 Å². The van der Waals surface area contributed by atoms with Crippen molar-refractivity contribution in [1.29, 1.82) is 5.26 Å². The molecular formula is C20H16N2. The fraction of sp³-hybridized carbons (Fsp3) is 0.0500. The Hall–Kier alpha value is -3.05. The number of allylic oxidation sites excluding steroid dienone is 1. The number of hydrogen-bond acceptors (Lipinski definition) is 1. The van der Waals surface area contributed by atoms with E-state index in [1.54, 1.807) is 0 Å². The van der Waals surface area contributed by atoms with Crippen LogP contribution in [-0.4, -0.2) is 4.57 Å². The van der Waals surface area contributed by atoms with Crippen LogP contribution in [0, 0.1) is 18.3 Å². The molecule has 2 nitrogen and oxygen atoms in total. The van der Waals surface area contributed by atoms with Gasteiger partial charge >= 0.3 is 0 Å². The van der Waals surface area contributed by atoms with E-state index in [0.717, 1.165) is 22.6 Å². The molecule has 106 valence electrons. The van der Waals surface area contributed by atoms with Gasteiger partial charge in [0.05, 0.1) is 11.6 Å². The monoisotopic (exact) mass is 284 g/mol. The lowest BCUT2D eigenvalue weighted by Crippen LogP contribution is -1.98. The van der Waals surface area contributed by atoms with Gasteiger partial charge in [0, 0.05) is 17.1 Å². The van der Waals surface area contributed by atoms with Gasteiger partial charge in [-0.3, -0.25) is 0 Å². The van der Waals surface area contributed by atoms with Crippen LogP contribution in [0.5, 0.6) is 0 Å². The SMILES string of the molecule is Cc1ccc(/C=C(\C#N)c2ccccc2)n1-c1ccccc1. The highest BCUT2D eigenvalue weighted by molar-refractivity contribution is 5.89. The summed E-state index contributed by atoms with van der Waals surface area (Å²) < 4.78 is 2.15. The zero-order valence-electron chi connectivity index (χ0n) is 12.4. The van der Waals surface area contributed by atoms with Crippen LogP contribution < -0.4 is 0 Å². The van der Waals surface area contributed by atoms with E-state index in [1.165, 1.54) is 0 Å². The molecule has 1 heterocycles. The lowest BCUT2D eigenvalue weighted by Gasteiger charge is -2.10. The topological polar surface area (TPSA) is 28.7 Å². The fourth-order valence-corrected chi connectivity index (χ4v) is 2.55. The summed E-state index contributed by atoms with van der Waals surface area (Å²) in [6.45, 7) is 2.07. The smallest absolute Gasteiger partial charge is 0.0998 e. The van der Waals surface area contributed by atoms with Gasteiger partial charge in [0.1, 0.15) is 0 Å². The van der Waals surface area contributed by atoms with Crippen LogP contribution in [0.15, 0.2) is 72.8 Å². The van der Waals surface area contributed by atoms with E-state index >= 15 is 0 Å². The summed E-state index contributed by atoms with van der Waals surface area (Å²) in [5.41, 5.74) is 4.84. The molecule has 2 heteroatoms. The number of aryl methyl sites for hydroxylation is 1. The molecule has 0 aliphatic rings. The number of para-hydroxylation sites is 1. The minimum Gasteiger partial charge on any atom is -0.314 e. The largest absolute Gasteiger partial charge is 0.314 e. The van der Waals surface area contributed by atoms with Gasteiger partial charge in [-0.1, -0.05) is 48.5 Å². The number of nitrogens with zero attached hydrogens (tertiary/aromatic N) is 2. The standard InChI is InChI=1S/C20H16N2/c1-16-12-13-20(22(16)19-10-6-3-7-11-19)14-18(15-21)17-8-4-2-5-9-17/h2-14H,1H3/b18-14+. The third kappa shape index (κ3) is 2.70. The van der Waals surface area contributed by atoms with E-state index in [2.05, 4.69) is 35.8 Å². The van der Waals surface area contributed by atoms with Gasteiger partial charge in [-0.2, -0.15) is 5.26 Å². The van der Waals surface area contributed by atoms with Crippen molar-refractivity contribution in [3.05, 3.63) is 89.7 Å². The minimum atomic E-state index is 0.663. The molecule has 0 radical (unpaired) electrons. The number of nitriles is 1. The normalized spacial score (nSPS) is 11.2. The first kappa shape index (κ1) is 13.9. The van der Waals surface area contributed by atoms with Gasteiger partial charge < -0.3 is 4.57 Å². The molecule has 0 aliphatic carbocycles. The van der Waals surface area contributed by atoms with Gasteiger partial charge in [0.2, 0.25) is 0 Å². The van der Waals surface area contributed by atoms with Crippen molar-refractivity contribution in [3.63, 3.8) is 0 Å². The van der Waals surface area contributed by atoms with Crippen LogP contribution in [0.1, 0.15) is 17.0 Å². The molecule has 0 fully saturated rings. The molecule has 0 spiro atoms. The average molecular weight is 284 g/mol. The molecule has 1 aromatic heterocycles. The average Bonchev–Trinajstić information content (AvgIpc) is 2.94. The maximum atomic E-state index is 9.48. The Bertz CT molecular complexity index is 834. The van der Waals surface area contributed by atoms with Crippen LogP contribution in [0.25, 0.3) is 17.3 Å². The molecule has 0 atom stereocenters. The van der Waals surface area contributed by atoms with Gasteiger partial charge in [0.15, 0.2) is 0 Å². The van der Waals surface area contributed by atoms with Gasteiger partial charge in [-0.05, 0) is 42.8 Å². The molecule has 0 unspecified atom stereocenters. The van der Waals surface area contributed by atoms with Crippen LogP contribution in [0.3, 0.4) is 0 Å². The van der Waals surface area contributed by atoms with E-state index in [1.807, 2.05) is 60.7 Å². The highest BCUT2D eigenvalue weighted by Gasteiger charge is 2.07. The van der Waals surface area contributed by atoms with Crippen molar-refractivity contribution < 1.29 is 0 Å². The zero-order valence-corrected chi connectivity index (χ0v) is 12.4. The van der Waals surface area contributed by atoms with Crippen molar-refractivity contribution in [3.8, 4) is 11.8 Å². The maximum Gasteiger partial charge on any atom is 0.0998 e. The highest BCUT2D eigenvalue weighted by Crippen LogP contribution is 2.22. The third-order valence-electron chi connectivity index (χ3n) is 3.62. The number of aromatic nitrogens is 1. The predicted octanol–water partition coefficient (Wildman–Crippen LogP) is 4.85. The molecule has 3 rings (SSSR count). The summed E-state index contributed by atoms with van der Waals surface area (Å²) in [5.74, 6) is 0. The second kappa shape index (κ2) is 6.15. The van der Waals surface area contributed by atoms with Crippen molar-refractivity contribution in [1.82, 2.24) is 4.57 Å². The van der Waals surface area contributed by atoms with Gasteiger partial charge in [0.25, 0.3) is 0 Å². The molecule has 3 aromatic rings. The number of benzene rings is 2. The molecule has 2 aromatic carbocycles. The summed E-state index contributed by atoms with van der Waals surface area (Å²) in [7, 11) is 0. The Morgan fingerprint density at radius 3 is 2.18 bits per heavy atom. The van der Waals surface area contributed by atoms with Crippen LogP contribution in [-0.2, 0) is 0 Å². The Morgan fingerprint density at radius 1 is 0.909 bits per heavy atom. The molecule has 0 aliphatic heterocycles. The summed E-state index contributed by atoms with van der Waals surface area (Å²) in [5, 5.41) is 9.48. The van der Waals surface area contributed by atoms with Crippen molar-refractivity contribution in [2.75, 3.05) is 0 Å². The molecule has 0 N–H and O–H groups in total. The molecule has 0 saturated carbocycles. The van der Waals surface area contributed by atoms with E-state index < -0.39 is 0 Å². The quantitative estimate of drug-likeness (QED) is 0.632. The van der Waals surface area contributed by atoms with Crippen molar-refractivity contribution in [2.45, 2.75) is 6.92 Å².